The first kappa shape index (κ1) is 14.0. The standard InChI is InChI=1S/C14H20FN3O/c1-17-8-7-16-13(10-17)14(19)18(2)9-11-3-5-12(15)6-4-11/h3-6,13,16H,7-10H2,1-2H3. The third-order valence-corrected chi connectivity index (χ3v) is 3.39. The molecule has 1 fully saturated rings. The Morgan fingerprint density at radius 1 is 1.47 bits per heavy atom. The average Bonchev–Trinajstić information content (AvgIpc) is 2.40. The van der Waals surface area contributed by atoms with Crippen molar-refractivity contribution in [1.29, 1.82) is 0 Å². The number of hydrogen-bond donors (Lipinski definition) is 1. The molecule has 1 aromatic rings. The zero-order valence-corrected chi connectivity index (χ0v) is 11.4. The number of amides is 1. The predicted octanol–water partition coefficient (Wildman–Crippen LogP) is 0.688. The number of likely N-dealkylation sites (N-methyl/N-ethyl adjacent to an activating group) is 2. The van der Waals surface area contributed by atoms with E-state index in [1.54, 1.807) is 24.1 Å². The van der Waals surface area contributed by atoms with Gasteiger partial charge in [-0.2, -0.15) is 0 Å². The fourth-order valence-corrected chi connectivity index (χ4v) is 2.27. The molecule has 1 N–H and O–H groups in total. The molecule has 0 saturated carbocycles. The molecule has 19 heavy (non-hydrogen) atoms. The molecular weight excluding hydrogens is 245 g/mol. The molecule has 0 radical (unpaired) electrons. The van der Waals surface area contributed by atoms with Crippen molar-refractivity contribution in [2.24, 2.45) is 0 Å². The molecule has 4 nitrogen and oxygen atoms in total. The van der Waals surface area contributed by atoms with Gasteiger partial charge < -0.3 is 15.1 Å². The summed E-state index contributed by atoms with van der Waals surface area (Å²) in [6.45, 7) is 3.02. The summed E-state index contributed by atoms with van der Waals surface area (Å²) in [5, 5.41) is 3.23. The molecule has 0 bridgehead atoms. The molecule has 2 rings (SSSR count). The van der Waals surface area contributed by atoms with Gasteiger partial charge >= 0.3 is 0 Å². The highest BCUT2D eigenvalue weighted by molar-refractivity contribution is 5.82. The molecule has 0 spiro atoms. The summed E-state index contributed by atoms with van der Waals surface area (Å²) in [6.07, 6.45) is 0. The van der Waals surface area contributed by atoms with Crippen LogP contribution in [0.15, 0.2) is 24.3 Å². The Morgan fingerprint density at radius 3 is 2.79 bits per heavy atom. The molecule has 5 heteroatoms. The smallest absolute Gasteiger partial charge is 0.241 e. The highest BCUT2D eigenvalue weighted by Crippen LogP contribution is 2.08. The number of nitrogens with one attached hydrogen (secondary N) is 1. The Labute approximate surface area is 113 Å². The molecule has 1 atom stereocenters. The summed E-state index contributed by atoms with van der Waals surface area (Å²) in [4.78, 5) is 16.1. The fraction of sp³-hybridized carbons (Fsp3) is 0.500. The van der Waals surface area contributed by atoms with E-state index in [2.05, 4.69) is 10.2 Å². The fourth-order valence-electron chi connectivity index (χ4n) is 2.27. The van der Waals surface area contributed by atoms with E-state index < -0.39 is 0 Å². The minimum Gasteiger partial charge on any atom is -0.340 e. The van der Waals surface area contributed by atoms with Crippen LogP contribution in [-0.4, -0.2) is 55.5 Å². The van der Waals surface area contributed by atoms with Gasteiger partial charge in [0.25, 0.3) is 0 Å². The van der Waals surface area contributed by atoms with E-state index in [0.717, 1.165) is 25.2 Å². The molecule has 1 heterocycles. The number of benzene rings is 1. The second-order valence-corrected chi connectivity index (χ2v) is 5.09. The molecule has 104 valence electrons. The van der Waals surface area contributed by atoms with Crippen LogP contribution in [0.5, 0.6) is 0 Å². The lowest BCUT2D eigenvalue weighted by molar-refractivity contribution is -0.133. The van der Waals surface area contributed by atoms with Gasteiger partial charge in [0.2, 0.25) is 5.91 Å². The Morgan fingerprint density at radius 2 is 2.16 bits per heavy atom. The first-order valence-corrected chi connectivity index (χ1v) is 6.47. The van der Waals surface area contributed by atoms with Crippen molar-refractivity contribution in [1.82, 2.24) is 15.1 Å². The molecule has 1 saturated heterocycles. The minimum absolute atomic E-state index is 0.0795. The van der Waals surface area contributed by atoms with Crippen LogP contribution in [0.2, 0.25) is 0 Å². The second-order valence-electron chi connectivity index (χ2n) is 5.09. The van der Waals surface area contributed by atoms with Gasteiger partial charge in [-0.1, -0.05) is 12.1 Å². The zero-order chi connectivity index (χ0) is 13.8. The Hall–Kier alpha value is -1.46. The maximum Gasteiger partial charge on any atom is 0.241 e. The number of nitrogens with zero attached hydrogens (tertiary/aromatic N) is 2. The topological polar surface area (TPSA) is 35.6 Å². The van der Waals surface area contributed by atoms with Gasteiger partial charge in [0.1, 0.15) is 5.82 Å². The SMILES string of the molecule is CN1CCNC(C(=O)N(C)Cc2ccc(F)cc2)C1. The second kappa shape index (κ2) is 6.12. The van der Waals surface area contributed by atoms with Crippen molar-refractivity contribution in [3.8, 4) is 0 Å². The first-order chi connectivity index (χ1) is 9.06. The van der Waals surface area contributed by atoms with E-state index in [4.69, 9.17) is 0 Å². The van der Waals surface area contributed by atoms with Gasteiger partial charge in [-0.25, -0.2) is 4.39 Å². The van der Waals surface area contributed by atoms with Gasteiger partial charge in [0, 0.05) is 33.2 Å². The van der Waals surface area contributed by atoms with Crippen LogP contribution in [0.4, 0.5) is 4.39 Å². The van der Waals surface area contributed by atoms with Gasteiger partial charge in [-0.3, -0.25) is 4.79 Å². The Bertz CT molecular complexity index is 435. The van der Waals surface area contributed by atoms with Crippen molar-refractivity contribution in [3.63, 3.8) is 0 Å². The highest BCUT2D eigenvalue weighted by Gasteiger charge is 2.25. The molecular formula is C14H20FN3O. The third kappa shape index (κ3) is 3.75. The number of halogens is 1. The highest BCUT2D eigenvalue weighted by atomic mass is 19.1. The van der Waals surface area contributed by atoms with Gasteiger partial charge in [0.05, 0.1) is 6.04 Å². The van der Waals surface area contributed by atoms with Crippen LogP contribution in [-0.2, 0) is 11.3 Å². The molecule has 1 aliphatic heterocycles. The van der Waals surface area contributed by atoms with Crippen molar-refractivity contribution < 1.29 is 9.18 Å². The molecule has 1 amide bonds. The van der Waals surface area contributed by atoms with Gasteiger partial charge in [0.15, 0.2) is 0 Å². The summed E-state index contributed by atoms with van der Waals surface area (Å²) in [5.74, 6) is -0.177. The van der Waals surface area contributed by atoms with E-state index in [-0.39, 0.29) is 17.8 Å². The summed E-state index contributed by atoms with van der Waals surface area (Å²) in [6, 6.07) is 6.10. The monoisotopic (exact) mass is 265 g/mol. The number of carbonyl (C=O) groups is 1. The summed E-state index contributed by atoms with van der Waals surface area (Å²) < 4.78 is 12.8. The quantitative estimate of drug-likeness (QED) is 0.873. The van der Waals surface area contributed by atoms with Gasteiger partial charge in [-0.05, 0) is 24.7 Å². The zero-order valence-electron chi connectivity index (χ0n) is 11.4. The van der Waals surface area contributed by atoms with E-state index in [1.165, 1.54) is 12.1 Å². The van der Waals surface area contributed by atoms with Crippen molar-refractivity contribution >= 4 is 5.91 Å². The Kier molecular flexibility index (Phi) is 4.50. The van der Waals surface area contributed by atoms with Crippen LogP contribution >= 0.6 is 0 Å². The molecule has 1 unspecified atom stereocenters. The number of carbonyl (C=O) groups excluding carboxylic acids is 1. The first-order valence-electron chi connectivity index (χ1n) is 6.47. The molecule has 1 aliphatic rings. The van der Waals surface area contributed by atoms with E-state index in [9.17, 15) is 9.18 Å². The van der Waals surface area contributed by atoms with Crippen LogP contribution in [0.25, 0.3) is 0 Å². The van der Waals surface area contributed by atoms with E-state index in [1.807, 2.05) is 7.05 Å². The van der Waals surface area contributed by atoms with Crippen LogP contribution < -0.4 is 5.32 Å². The van der Waals surface area contributed by atoms with E-state index in [0.29, 0.717) is 6.54 Å². The Balaban J connectivity index is 1.93. The molecule has 0 aromatic heterocycles. The van der Waals surface area contributed by atoms with Crippen molar-refractivity contribution in [2.75, 3.05) is 33.7 Å². The van der Waals surface area contributed by atoms with Gasteiger partial charge in [-0.15, -0.1) is 0 Å². The van der Waals surface area contributed by atoms with Crippen molar-refractivity contribution in [2.45, 2.75) is 12.6 Å². The number of hydrogen-bond acceptors (Lipinski definition) is 3. The summed E-state index contributed by atoms with van der Waals surface area (Å²) in [7, 11) is 3.79. The van der Waals surface area contributed by atoms with Crippen LogP contribution in [0, 0.1) is 5.82 Å². The third-order valence-electron chi connectivity index (χ3n) is 3.39. The van der Waals surface area contributed by atoms with Crippen LogP contribution in [0.1, 0.15) is 5.56 Å². The molecule has 0 aliphatic carbocycles. The lowest BCUT2D eigenvalue weighted by atomic mass is 10.1. The maximum absolute atomic E-state index is 12.8. The lowest BCUT2D eigenvalue weighted by Crippen LogP contribution is -2.56. The van der Waals surface area contributed by atoms with Crippen molar-refractivity contribution in [3.05, 3.63) is 35.6 Å². The number of rotatable bonds is 3. The summed E-state index contributed by atoms with van der Waals surface area (Å²) in [5.41, 5.74) is 0.932. The van der Waals surface area contributed by atoms with E-state index >= 15 is 0 Å². The predicted molar refractivity (Wildman–Crippen MR) is 72.2 cm³/mol. The van der Waals surface area contributed by atoms with Crippen LogP contribution in [0.3, 0.4) is 0 Å². The maximum atomic E-state index is 12.8. The normalized spacial score (nSPS) is 20.3. The minimum atomic E-state index is -0.256. The largest absolute Gasteiger partial charge is 0.340 e. The summed E-state index contributed by atoms with van der Waals surface area (Å²) >= 11 is 0. The average molecular weight is 265 g/mol. The lowest BCUT2D eigenvalue weighted by Gasteiger charge is -2.32. The molecule has 1 aromatic carbocycles. The number of piperazine rings is 1.